The highest BCUT2D eigenvalue weighted by Crippen LogP contribution is 2.34. The second kappa shape index (κ2) is 5.29. The van der Waals surface area contributed by atoms with Gasteiger partial charge in [-0.3, -0.25) is 9.59 Å². The van der Waals surface area contributed by atoms with Gasteiger partial charge in [0, 0.05) is 12.0 Å². The fourth-order valence-corrected chi connectivity index (χ4v) is 3.31. The molecular weight excluding hydrogens is 230 g/mol. The Morgan fingerprint density at radius 3 is 2.22 bits per heavy atom. The summed E-state index contributed by atoms with van der Waals surface area (Å²) in [5, 5.41) is 12.1. The Morgan fingerprint density at radius 2 is 1.72 bits per heavy atom. The van der Waals surface area contributed by atoms with Crippen molar-refractivity contribution in [2.75, 3.05) is 0 Å². The maximum Gasteiger partial charge on any atom is 0.306 e. The van der Waals surface area contributed by atoms with Crippen LogP contribution in [0.2, 0.25) is 0 Å². The lowest BCUT2D eigenvalue weighted by atomic mass is 9.97. The number of carbonyl (C=O) groups excluding carboxylic acids is 1. The van der Waals surface area contributed by atoms with E-state index in [9.17, 15) is 9.59 Å². The first-order valence-electron chi connectivity index (χ1n) is 7.02. The molecule has 2 rings (SSSR count). The van der Waals surface area contributed by atoms with E-state index in [1.54, 1.807) is 0 Å². The monoisotopic (exact) mass is 253 g/mol. The van der Waals surface area contributed by atoms with Gasteiger partial charge in [0.25, 0.3) is 0 Å². The highest BCUT2D eigenvalue weighted by atomic mass is 16.4. The van der Waals surface area contributed by atoms with Crippen LogP contribution in [0.5, 0.6) is 0 Å². The lowest BCUT2D eigenvalue weighted by Gasteiger charge is -2.21. The van der Waals surface area contributed by atoms with E-state index in [2.05, 4.69) is 19.2 Å². The first-order chi connectivity index (χ1) is 8.49. The molecule has 5 atom stereocenters. The molecule has 5 unspecified atom stereocenters. The smallest absolute Gasteiger partial charge is 0.306 e. The molecule has 18 heavy (non-hydrogen) atoms. The van der Waals surface area contributed by atoms with Crippen molar-refractivity contribution in [1.82, 2.24) is 5.32 Å². The zero-order chi connectivity index (χ0) is 13.3. The van der Waals surface area contributed by atoms with Gasteiger partial charge in [-0.05, 0) is 43.9 Å². The van der Waals surface area contributed by atoms with Crippen molar-refractivity contribution >= 4 is 11.9 Å². The summed E-state index contributed by atoms with van der Waals surface area (Å²) in [6, 6.07) is 0.288. The highest BCUT2D eigenvalue weighted by Gasteiger charge is 2.36. The average Bonchev–Trinajstić information content (AvgIpc) is 2.91. The predicted octanol–water partition coefficient (Wildman–Crippen LogP) is 2.04. The molecule has 0 saturated heterocycles. The molecule has 4 nitrogen and oxygen atoms in total. The number of carboxylic acids is 1. The third kappa shape index (κ3) is 2.68. The second-order valence-corrected chi connectivity index (χ2v) is 6.07. The van der Waals surface area contributed by atoms with Crippen molar-refractivity contribution < 1.29 is 14.7 Å². The van der Waals surface area contributed by atoms with E-state index in [0.717, 1.165) is 12.8 Å². The van der Waals surface area contributed by atoms with Gasteiger partial charge in [-0.1, -0.05) is 13.8 Å². The minimum Gasteiger partial charge on any atom is -0.481 e. The SMILES string of the molecule is CC1CCC(NC(=O)C2CCC(C(=O)O)C2)C1C. The Labute approximate surface area is 108 Å². The lowest BCUT2D eigenvalue weighted by Crippen LogP contribution is -2.40. The standard InChI is InChI=1S/C14H23NO3/c1-8-3-6-12(9(8)2)15-13(16)10-4-5-11(7-10)14(17)18/h8-12H,3-7H2,1-2H3,(H,15,16)(H,17,18). The number of nitrogens with one attached hydrogen (secondary N) is 1. The summed E-state index contributed by atoms with van der Waals surface area (Å²) in [5.41, 5.74) is 0. The summed E-state index contributed by atoms with van der Waals surface area (Å²) in [4.78, 5) is 23.0. The lowest BCUT2D eigenvalue weighted by molar-refractivity contribution is -0.141. The van der Waals surface area contributed by atoms with Gasteiger partial charge in [-0.25, -0.2) is 0 Å². The molecule has 0 aliphatic heterocycles. The minimum absolute atomic E-state index is 0.0738. The molecular formula is C14H23NO3. The van der Waals surface area contributed by atoms with Gasteiger partial charge < -0.3 is 10.4 Å². The fraction of sp³-hybridized carbons (Fsp3) is 0.857. The fourth-order valence-electron chi connectivity index (χ4n) is 3.31. The van der Waals surface area contributed by atoms with Crippen molar-refractivity contribution in [3.8, 4) is 0 Å². The third-order valence-corrected chi connectivity index (χ3v) is 4.95. The molecule has 2 fully saturated rings. The molecule has 2 saturated carbocycles. The molecule has 0 aromatic heterocycles. The summed E-state index contributed by atoms with van der Waals surface area (Å²) < 4.78 is 0. The van der Waals surface area contributed by atoms with Crippen LogP contribution in [0.1, 0.15) is 46.0 Å². The molecule has 0 spiro atoms. The van der Waals surface area contributed by atoms with Gasteiger partial charge in [0.1, 0.15) is 0 Å². The van der Waals surface area contributed by atoms with Gasteiger partial charge in [0.15, 0.2) is 0 Å². The first-order valence-corrected chi connectivity index (χ1v) is 7.02. The third-order valence-electron chi connectivity index (χ3n) is 4.95. The van der Waals surface area contributed by atoms with Crippen LogP contribution >= 0.6 is 0 Å². The number of carbonyl (C=O) groups is 2. The molecule has 0 bridgehead atoms. The van der Waals surface area contributed by atoms with Crippen molar-refractivity contribution in [3.05, 3.63) is 0 Å². The number of hydrogen-bond donors (Lipinski definition) is 2. The van der Waals surface area contributed by atoms with Gasteiger partial charge >= 0.3 is 5.97 Å². The molecule has 2 aliphatic carbocycles. The van der Waals surface area contributed by atoms with Gasteiger partial charge in [-0.15, -0.1) is 0 Å². The molecule has 0 aromatic rings. The first kappa shape index (κ1) is 13.4. The van der Waals surface area contributed by atoms with Gasteiger partial charge in [0.05, 0.1) is 5.92 Å². The summed E-state index contributed by atoms with van der Waals surface area (Å²) in [6.07, 6.45) is 4.11. The second-order valence-electron chi connectivity index (χ2n) is 6.07. The minimum atomic E-state index is -0.756. The summed E-state index contributed by atoms with van der Waals surface area (Å²) in [5.74, 6) is 0.115. The van der Waals surface area contributed by atoms with Crippen LogP contribution in [0, 0.1) is 23.7 Å². The Bertz CT molecular complexity index is 342. The van der Waals surface area contributed by atoms with Crippen LogP contribution in [-0.2, 0) is 9.59 Å². The van der Waals surface area contributed by atoms with E-state index < -0.39 is 5.97 Å². The van der Waals surface area contributed by atoms with Crippen molar-refractivity contribution in [3.63, 3.8) is 0 Å². The normalized spacial score (nSPS) is 39.8. The quantitative estimate of drug-likeness (QED) is 0.809. The van der Waals surface area contributed by atoms with Crippen molar-refractivity contribution in [1.29, 1.82) is 0 Å². The van der Waals surface area contributed by atoms with Crippen LogP contribution in [-0.4, -0.2) is 23.0 Å². The zero-order valence-corrected chi connectivity index (χ0v) is 11.2. The number of carboxylic acid groups (broad SMARTS) is 1. The van der Waals surface area contributed by atoms with Crippen molar-refractivity contribution in [2.45, 2.75) is 52.0 Å². The number of aliphatic carboxylic acids is 1. The Hall–Kier alpha value is -1.06. The van der Waals surface area contributed by atoms with E-state index >= 15 is 0 Å². The van der Waals surface area contributed by atoms with Gasteiger partial charge in [-0.2, -0.15) is 0 Å². The van der Waals surface area contributed by atoms with Crippen LogP contribution < -0.4 is 5.32 Å². The molecule has 0 heterocycles. The van der Waals surface area contributed by atoms with Gasteiger partial charge in [0.2, 0.25) is 5.91 Å². The predicted molar refractivity (Wildman–Crippen MR) is 68.0 cm³/mol. The average molecular weight is 253 g/mol. The van der Waals surface area contributed by atoms with E-state index in [1.807, 2.05) is 0 Å². The molecule has 2 N–H and O–H groups in total. The number of rotatable bonds is 3. The summed E-state index contributed by atoms with van der Waals surface area (Å²) in [7, 11) is 0. The largest absolute Gasteiger partial charge is 0.481 e. The molecule has 0 radical (unpaired) electrons. The molecule has 2 aliphatic rings. The molecule has 0 aromatic carbocycles. The number of amides is 1. The van der Waals surface area contributed by atoms with E-state index in [4.69, 9.17) is 5.11 Å². The molecule has 1 amide bonds. The van der Waals surface area contributed by atoms with Crippen LogP contribution in [0.25, 0.3) is 0 Å². The Kier molecular flexibility index (Phi) is 3.93. The molecule has 102 valence electrons. The summed E-state index contributed by atoms with van der Waals surface area (Å²) >= 11 is 0. The maximum atomic E-state index is 12.1. The summed E-state index contributed by atoms with van der Waals surface area (Å²) in [6.45, 7) is 4.42. The zero-order valence-electron chi connectivity index (χ0n) is 11.2. The van der Waals surface area contributed by atoms with Crippen LogP contribution in [0.3, 0.4) is 0 Å². The van der Waals surface area contributed by atoms with Crippen LogP contribution in [0.15, 0.2) is 0 Å². The van der Waals surface area contributed by atoms with Crippen molar-refractivity contribution in [2.24, 2.45) is 23.7 Å². The Balaban J connectivity index is 1.84. The van der Waals surface area contributed by atoms with E-state index in [1.165, 1.54) is 6.42 Å². The topological polar surface area (TPSA) is 66.4 Å². The van der Waals surface area contributed by atoms with E-state index in [0.29, 0.717) is 24.7 Å². The van der Waals surface area contributed by atoms with Crippen LogP contribution in [0.4, 0.5) is 0 Å². The molecule has 4 heteroatoms. The Morgan fingerprint density at radius 1 is 1.06 bits per heavy atom. The number of hydrogen-bond acceptors (Lipinski definition) is 2. The highest BCUT2D eigenvalue weighted by molar-refractivity contribution is 5.81. The maximum absolute atomic E-state index is 12.1. The van der Waals surface area contributed by atoms with E-state index in [-0.39, 0.29) is 23.8 Å².